The molecule has 0 fully saturated rings. The van der Waals surface area contributed by atoms with Crippen molar-refractivity contribution in [2.45, 2.75) is 19.4 Å². The lowest BCUT2D eigenvalue weighted by molar-refractivity contribution is -0.144. The maximum atomic E-state index is 11.2. The minimum Gasteiger partial charge on any atom is -0.494 e. The first-order chi connectivity index (χ1) is 7.54. The van der Waals surface area contributed by atoms with E-state index in [1.54, 1.807) is 32.2 Å². The quantitative estimate of drug-likeness (QED) is 0.796. The van der Waals surface area contributed by atoms with E-state index in [9.17, 15) is 9.90 Å². The average molecular weight is 223 g/mol. The van der Waals surface area contributed by atoms with Gasteiger partial charge in [-0.1, -0.05) is 12.1 Å². The summed E-state index contributed by atoms with van der Waals surface area (Å²) in [7, 11) is 1.63. The van der Waals surface area contributed by atoms with E-state index in [-0.39, 0.29) is 0 Å². The number of hydrogen-bond acceptors (Lipinski definition) is 3. The van der Waals surface area contributed by atoms with Crippen molar-refractivity contribution in [2.24, 2.45) is 0 Å². The maximum Gasteiger partial charge on any atom is 0.328 e. The van der Waals surface area contributed by atoms with Crippen LogP contribution < -0.4 is 10.1 Å². The number of aliphatic carboxylic acids is 1. The predicted molar refractivity (Wildman–Crippen MR) is 61.7 cm³/mol. The summed E-state index contributed by atoms with van der Waals surface area (Å²) in [6, 6.07) is 7.12. The van der Waals surface area contributed by atoms with Crippen LogP contribution >= 0.6 is 0 Å². The number of likely N-dealkylation sites (N-methyl/N-ethyl adjacent to an activating group) is 1. The Labute approximate surface area is 95.2 Å². The Morgan fingerprint density at radius 2 is 2.25 bits per heavy atom. The van der Waals surface area contributed by atoms with Crippen LogP contribution in [0.3, 0.4) is 0 Å². The fourth-order valence-corrected chi connectivity index (χ4v) is 1.44. The molecule has 0 aliphatic heterocycles. The molecule has 1 rings (SSSR count). The Morgan fingerprint density at radius 3 is 2.75 bits per heavy atom. The van der Waals surface area contributed by atoms with E-state index in [0.717, 1.165) is 0 Å². The highest BCUT2D eigenvalue weighted by Gasteiger charge is 2.33. The maximum absolute atomic E-state index is 11.2. The van der Waals surface area contributed by atoms with Crippen LogP contribution in [0.25, 0.3) is 0 Å². The fraction of sp³-hybridized carbons (Fsp3) is 0.417. The van der Waals surface area contributed by atoms with Crippen molar-refractivity contribution < 1.29 is 14.6 Å². The van der Waals surface area contributed by atoms with Crippen LogP contribution in [0, 0.1) is 0 Å². The second-order valence-electron chi connectivity index (χ2n) is 3.64. The highest BCUT2D eigenvalue weighted by molar-refractivity contribution is 5.80. The van der Waals surface area contributed by atoms with Gasteiger partial charge in [-0.05, 0) is 38.6 Å². The number of hydrogen-bond donors (Lipinski definition) is 2. The standard InChI is InChI=1S/C12H17NO3/c1-4-16-10-7-5-6-9(8-10)12(2,13-3)11(14)15/h5-8,13H,4H2,1-3H3,(H,14,15). The Morgan fingerprint density at radius 1 is 1.56 bits per heavy atom. The van der Waals surface area contributed by atoms with Crippen molar-refractivity contribution in [1.82, 2.24) is 5.32 Å². The van der Waals surface area contributed by atoms with Crippen molar-refractivity contribution in [1.29, 1.82) is 0 Å². The van der Waals surface area contributed by atoms with Crippen molar-refractivity contribution in [2.75, 3.05) is 13.7 Å². The highest BCUT2D eigenvalue weighted by Crippen LogP contribution is 2.24. The monoisotopic (exact) mass is 223 g/mol. The molecule has 0 saturated heterocycles. The molecule has 2 N–H and O–H groups in total. The lowest BCUT2D eigenvalue weighted by atomic mass is 9.92. The van der Waals surface area contributed by atoms with E-state index < -0.39 is 11.5 Å². The Kier molecular flexibility index (Phi) is 3.90. The van der Waals surface area contributed by atoms with E-state index in [1.807, 2.05) is 13.0 Å². The van der Waals surface area contributed by atoms with Crippen LogP contribution in [0.1, 0.15) is 19.4 Å². The average Bonchev–Trinajstić information content (AvgIpc) is 2.28. The molecule has 0 heterocycles. The van der Waals surface area contributed by atoms with Crippen LogP contribution in [-0.4, -0.2) is 24.7 Å². The second kappa shape index (κ2) is 4.99. The molecule has 16 heavy (non-hydrogen) atoms. The molecule has 0 aliphatic carbocycles. The summed E-state index contributed by atoms with van der Waals surface area (Å²) >= 11 is 0. The van der Waals surface area contributed by atoms with E-state index in [4.69, 9.17) is 4.74 Å². The minimum absolute atomic E-state index is 0.562. The van der Waals surface area contributed by atoms with E-state index in [2.05, 4.69) is 5.32 Å². The van der Waals surface area contributed by atoms with Gasteiger partial charge in [0.25, 0.3) is 0 Å². The summed E-state index contributed by atoms with van der Waals surface area (Å²) < 4.78 is 5.35. The summed E-state index contributed by atoms with van der Waals surface area (Å²) in [4.78, 5) is 11.2. The molecule has 0 radical (unpaired) electrons. The molecule has 0 amide bonds. The van der Waals surface area contributed by atoms with Gasteiger partial charge < -0.3 is 15.2 Å². The summed E-state index contributed by atoms with van der Waals surface area (Å²) in [6.07, 6.45) is 0. The zero-order valence-electron chi connectivity index (χ0n) is 9.78. The summed E-state index contributed by atoms with van der Waals surface area (Å²) in [6.45, 7) is 4.08. The van der Waals surface area contributed by atoms with Crippen LogP contribution in [0.15, 0.2) is 24.3 Å². The highest BCUT2D eigenvalue weighted by atomic mass is 16.5. The first kappa shape index (κ1) is 12.5. The van der Waals surface area contributed by atoms with Gasteiger partial charge in [0.05, 0.1) is 6.61 Å². The Bertz CT molecular complexity index is 378. The van der Waals surface area contributed by atoms with Crippen LogP contribution in [0.4, 0.5) is 0 Å². The molecular weight excluding hydrogens is 206 g/mol. The SMILES string of the molecule is CCOc1cccc(C(C)(NC)C(=O)O)c1. The lowest BCUT2D eigenvalue weighted by Gasteiger charge is -2.25. The molecule has 0 saturated carbocycles. The third-order valence-electron chi connectivity index (χ3n) is 2.65. The minimum atomic E-state index is -1.09. The molecule has 1 unspecified atom stereocenters. The first-order valence-corrected chi connectivity index (χ1v) is 5.20. The molecule has 4 nitrogen and oxygen atoms in total. The number of benzene rings is 1. The summed E-state index contributed by atoms with van der Waals surface area (Å²) in [5.41, 5.74) is -0.416. The summed E-state index contributed by atoms with van der Waals surface area (Å²) in [5, 5.41) is 12.0. The molecule has 1 atom stereocenters. The molecule has 0 spiro atoms. The van der Waals surface area contributed by atoms with Crippen molar-refractivity contribution in [3.05, 3.63) is 29.8 Å². The van der Waals surface area contributed by atoms with E-state index >= 15 is 0 Å². The molecule has 0 aliphatic rings. The third kappa shape index (κ3) is 2.33. The van der Waals surface area contributed by atoms with Gasteiger partial charge in [0, 0.05) is 0 Å². The number of rotatable bonds is 5. The number of ether oxygens (including phenoxy) is 1. The van der Waals surface area contributed by atoms with Gasteiger partial charge in [0.15, 0.2) is 0 Å². The normalized spacial score (nSPS) is 14.2. The number of carboxylic acids is 1. The van der Waals surface area contributed by atoms with Gasteiger partial charge in [-0.2, -0.15) is 0 Å². The van der Waals surface area contributed by atoms with Gasteiger partial charge in [-0.25, -0.2) is 4.79 Å². The van der Waals surface area contributed by atoms with Gasteiger partial charge >= 0.3 is 5.97 Å². The second-order valence-corrected chi connectivity index (χ2v) is 3.64. The predicted octanol–water partition coefficient (Wildman–Crippen LogP) is 1.60. The summed E-state index contributed by atoms with van der Waals surface area (Å²) in [5.74, 6) is -0.230. The molecule has 1 aromatic rings. The zero-order valence-corrected chi connectivity index (χ0v) is 9.78. The largest absolute Gasteiger partial charge is 0.494 e. The van der Waals surface area contributed by atoms with Crippen molar-refractivity contribution in [3.8, 4) is 5.75 Å². The zero-order chi connectivity index (χ0) is 12.2. The number of carbonyl (C=O) groups is 1. The molecule has 1 aromatic carbocycles. The van der Waals surface area contributed by atoms with Gasteiger partial charge in [-0.3, -0.25) is 0 Å². The first-order valence-electron chi connectivity index (χ1n) is 5.20. The lowest BCUT2D eigenvalue weighted by Crippen LogP contribution is -2.44. The number of nitrogens with one attached hydrogen (secondary N) is 1. The van der Waals surface area contributed by atoms with Crippen molar-refractivity contribution >= 4 is 5.97 Å². The van der Waals surface area contributed by atoms with Crippen molar-refractivity contribution in [3.63, 3.8) is 0 Å². The van der Waals surface area contributed by atoms with Gasteiger partial charge in [0.1, 0.15) is 11.3 Å². The topological polar surface area (TPSA) is 58.6 Å². The molecule has 88 valence electrons. The molecule has 4 heteroatoms. The fourth-order valence-electron chi connectivity index (χ4n) is 1.44. The Balaban J connectivity index is 3.11. The van der Waals surface area contributed by atoms with Crippen LogP contribution in [0.2, 0.25) is 0 Å². The smallest absolute Gasteiger partial charge is 0.328 e. The van der Waals surface area contributed by atoms with Crippen LogP contribution in [0.5, 0.6) is 5.75 Å². The van der Waals surface area contributed by atoms with E-state index in [1.165, 1.54) is 0 Å². The molecule has 0 bridgehead atoms. The van der Waals surface area contributed by atoms with Gasteiger partial charge in [0.2, 0.25) is 0 Å². The van der Waals surface area contributed by atoms with Crippen LogP contribution in [-0.2, 0) is 10.3 Å². The van der Waals surface area contributed by atoms with Gasteiger partial charge in [-0.15, -0.1) is 0 Å². The molecular formula is C12H17NO3. The Hall–Kier alpha value is -1.55. The third-order valence-corrected chi connectivity index (χ3v) is 2.65. The molecule has 0 aromatic heterocycles. The number of carboxylic acid groups (broad SMARTS) is 1. The van der Waals surface area contributed by atoms with E-state index in [0.29, 0.717) is 17.9 Å².